The lowest BCUT2D eigenvalue weighted by Crippen LogP contribution is -2.06. The van der Waals surface area contributed by atoms with Gasteiger partial charge >= 0.3 is 0 Å². The summed E-state index contributed by atoms with van der Waals surface area (Å²) in [7, 11) is 3.17. The van der Waals surface area contributed by atoms with Gasteiger partial charge in [0.2, 0.25) is 5.75 Å². The fourth-order valence-corrected chi connectivity index (χ4v) is 2.24. The van der Waals surface area contributed by atoms with Crippen molar-refractivity contribution in [2.75, 3.05) is 14.2 Å². The van der Waals surface area contributed by atoms with Gasteiger partial charge in [0.1, 0.15) is 0 Å². The van der Waals surface area contributed by atoms with Crippen molar-refractivity contribution in [3.63, 3.8) is 0 Å². The van der Waals surface area contributed by atoms with Crippen molar-refractivity contribution < 1.29 is 24.5 Å². The molecule has 0 amide bonds. The average molecular weight is 268 g/mol. The summed E-state index contributed by atoms with van der Waals surface area (Å²) in [6, 6.07) is 1.80. The molecule has 106 valence electrons. The van der Waals surface area contributed by atoms with Crippen molar-refractivity contribution in [1.82, 2.24) is 0 Å². The quantitative estimate of drug-likeness (QED) is 0.861. The second-order valence-electron chi connectivity index (χ2n) is 4.33. The number of aryl methyl sites for hydroxylation is 1. The maximum atomic E-state index is 9.77. The predicted octanol–water partition coefficient (Wildman–Crippen LogP) is 2.38. The van der Waals surface area contributed by atoms with E-state index >= 15 is 0 Å². The minimum Gasteiger partial charge on any atom is -0.504 e. The molecular formula is C14H20O5. The van der Waals surface area contributed by atoms with Crippen LogP contribution >= 0.6 is 0 Å². The molecule has 0 saturated carbocycles. The highest BCUT2D eigenvalue weighted by molar-refractivity contribution is 5.63. The molecule has 0 unspecified atom stereocenters. The Kier molecular flexibility index (Phi) is 5.48. The molecule has 2 rings (SSSR count). The van der Waals surface area contributed by atoms with Crippen LogP contribution in [-0.4, -0.2) is 30.4 Å². The van der Waals surface area contributed by atoms with E-state index in [2.05, 4.69) is 0 Å². The van der Waals surface area contributed by atoms with Crippen molar-refractivity contribution in [2.45, 2.75) is 32.6 Å². The standard InChI is InChI=1S/C12H16O3.C2H4O2/c1-14-11-9-6-4-3-5-8(9)7-10(13)12(11)15-2;1-2(3)4/h7,13H,3-6H2,1-2H3;1H3,(H,3,4). The molecule has 5 nitrogen and oxygen atoms in total. The van der Waals surface area contributed by atoms with E-state index < -0.39 is 5.97 Å². The fraction of sp³-hybridized carbons (Fsp3) is 0.500. The largest absolute Gasteiger partial charge is 0.504 e. The number of phenolic OH excluding ortho intramolecular Hbond substituents is 1. The van der Waals surface area contributed by atoms with E-state index in [9.17, 15) is 5.11 Å². The van der Waals surface area contributed by atoms with Crippen LogP contribution in [0.3, 0.4) is 0 Å². The van der Waals surface area contributed by atoms with E-state index in [1.54, 1.807) is 20.3 Å². The zero-order valence-electron chi connectivity index (χ0n) is 11.5. The van der Waals surface area contributed by atoms with E-state index in [0.717, 1.165) is 19.8 Å². The van der Waals surface area contributed by atoms with Gasteiger partial charge in [-0.3, -0.25) is 4.79 Å². The minimum atomic E-state index is -0.833. The molecule has 1 aromatic rings. The summed E-state index contributed by atoms with van der Waals surface area (Å²) in [5, 5.41) is 17.2. The maximum absolute atomic E-state index is 9.77. The number of carboxylic acid groups (broad SMARTS) is 1. The van der Waals surface area contributed by atoms with Gasteiger partial charge in [-0.15, -0.1) is 0 Å². The molecule has 1 aromatic carbocycles. The smallest absolute Gasteiger partial charge is 0.300 e. The number of methoxy groups -OCH3 is 2. The summed E-state index contributed by atoms with van der Waals surface area (Å²) >= 11 is 0. The molecule has 0 spiro atoms. The number of carboxylic acids is 1. The monoisotopic (exact) mass is 268 g/mol. The van der Waals surface area contributed by atoms with Crippen LogP contribution in [0, 0.1) is 0 Å². The van der Waals surface area contributed by atoms with Gasteiger partial charge in [-0.25, -0.2) is 0 Å². The van der Waals surface area contributed by atoms with Crippen molar-refractivity contribution in [1.29, 1.82) is 0 Å². The summed E-state index contributed by atoms with van der Waals surface area (Å²) in [5.41, 5.74) is 2.38. The van der Waals surface area contributed by atoms with Crippen molar-refractivity contribution in [2.24, 2.45) is 0 Å². The predicted molar refractivity (Wildman–Crippen MR) is 71.2 cm³/mol. The lowest BCUT2D eigenvalue weighted by molar-refractivity contribution is -0.134. The van der Waals surface area contributed by atoms with Crippen LogP contribution in [0.4, 0.5) is 0 Å². The lowest BCUT2D eigenvalue weighted by atomic mass is 9.90. The molecule has 2 N–H and O–H groups in total. The Morgan fingerprint density at radius 1 is 1.16 bits per heavy atom. The Balaban J connectivity index is 0.000000399. The number of rotatable bonds is 2. The van der Waals surface area contributed by atoms with Gasteiger partial charge in [-0.2, -0.15) is 0 Å². The van der Waals surface area contributed by atoms with E-state index in [4.69, 9.17) is 19.4 Å². The number of fused-ring (bicyclic) bond motifs is 1. The van der Waals surface area contributed by atoms with Crippen LogP contribution in [-0.2, 0) is 17.6 Å². The SMILES string of the molecule is CC(=O)O.COc1c(O)cc2c(c1OC)CCCC2. The Labute approximate surface area is 112 Å². The summed E-state index contributed by atoms with van der Waals surface area (Å²) in [6.07, 6.45) is 4.39. The van der Waals surface area contributed by atoms with E-state index in [0.29, 0.717) is 11.5 Å². The van der Waals surface area contributed by atoms with E-state index in [1.807, 2.05) is 0 Å². The van der Waals surface area contributed by atoms with Gasteiger partial charge in [0.15, 0.2) is 11.5 Å². The number of benzene rings is 1. The number of aromatic hydroxyl groups is 1. The van der Waals surface area contributed by atoms with Gasteiger partial charge in [0.25, 0.3) is 5.97 Å². The van der Waals surface area contributed by atoms with Gasteiger partial charge in [0.05, 0.1) is 14.2 Å². The zero-order chi connectivity index (χ0) is 14.4. The summed E-state index contributed by atoms with van der Waals surface area (Å²) in [6.45, 7) is 1.08. The molecule has 0 aliphatic heterocycles. The maximum Gasteiger partial charge on any atom is 0.300 e. The Morgan fingerprint density at radius 2 is 1.68 bits per heavy atom. The number of hydrogen-bond donors (Lipinski definition) is 2. The first-order chi connectivity index (χ1) is 9.01. The molecule has 0 saturated heterocycles. The van der Waals surface area contributed by atoms with Crippen LogP contribution in [0.25, 0.3) is 0 Å². The van der Waals surface area contributed by atoms with Crippen LogP contribution < -0.4 is 9.47 Å². The van der Waals surface area contributed by atoms with Gasteiger partial charge in [-0.05, 0) is 37.3 Å². The molecule has 0 aromatic heterocycles. The highest BCUT2D eigenvalue weighted by Crippen LogP contribution is 2.43. The van der Waals surface area contributed by atoms with Gasteiger partial charge in [0, 0.05) is 12.5 Å². The van der Waals surface area contributed by atoms with E-state index in [1.165, 1.54) is 24.0 Å². The van der Waals surface area contributed by atoms with Crippen LogP contribution in [0.5, 0.6) is 17.2 Å². The van der Waals surface area contributed by atoms with Crippen molar-refractivity contribution in [3.8, 4) is 17.2 Å². The average Bonchev–Trinajstić information content (AvgIpc) is 2.36. The number of carbonyl (C=O) groups is 1. The third-order valence-corrected chi connectivity index (χ3v) is 2.94. The second-order valence-corrected chi connectivity index (χ2v) is 4.33. The Morgan fingerprint density at radius 3 is 2.21 bits per heavy atom. The Hall–Kier alpha value is -1.91. The van der Waals surface area contributed by atoms with Crippen molar-refractivity contribution in [3.05, 3.63) is 17.2 Å². The molecule has 1 aliphatic carbocycles. The molecule has 0 fully saturated rings. The number of phenols is 1. The first-order valence-corrected chi connectivity index (χ1v) is 6.16. The van der Waals surface area contributed by atoms with Crippen LogP contribution in [0.15, 0.2) is 6.07 Å². The fourth-order valence-electron chi connectivity index (χ4n) is 2.24. The topological polar surface area (TPSA) is 76.0 Å². The summed E-state index contributed by atoms with van der Waals surface area (Å²) in [5.74, 6) is 0.500. The number of hydrogen-bond acceptors (Lipinski definition) is 4. The summed E-state index contributed by atoms with van der Waals surface area (Å²) in [4.78, 5) is 9.00. The van der Waals surface area contributed by atoms with Crippen LogP contribution in [0.1, 0.15) is 30.9 Å². The first kappa shape index (κ1) is 15.1. The highest BCUT2D eigenvalue weighted by atomic mass is 16.5. The molecule has 0 bridgehead atoms. The molecule has 5 heteroatoms. The molecule has 0 radical (unpaired) electrons. The molecular weight excluding hydrogens is 248 g/mol. The summed E-state index contributed by atoms with van der Waals surface area (Å²) < 4.78 is 10.5. The molecule has 0 heterocycles. The second kappa shape index (κ2) is 6.87. The molecule has 1 aliphatic rings. The minimum absolute atomic E-state index is 0.176. The van der Waals surface area contributed by atoms with Gasteiger partial charge in [-0.1, -0.05) is 0 Å². The highest BCUT2D eigenvalue weighted by Gasteiger charge is 2.21. The van der Waals surface area contributed by atoms with Crippen molar-refractivity contribution >= 4 is 5.97 Å². The third-order valence-electron chi connectivity index (χ3n) is 2.94. The lowest BCUT2D eigenvalue weighted by Gasteiger charge is -2.21. The molecule has 0 atom stereocenters. The van der Waals surface area contributed by atoms with E-state index in [-0.39, 0.29) is 5.75 Å². The van der Waals surface area contributed by atoms with Crippen LogP contribution in [0.2, 0.25) is 0 Å². The van der Waals surface area contributed by atoms with Gasteiger partial charge < -0.3 is 19.7 Å². The number of aliphatic carboxylic acids is 1. The third kappa shape index (κ3) is 3.77. The Bertz CT molecular complexity index is 450. The first-order valence-electron chi connectivity index (χ1n) is 6.16. The zero-order valence-corrected chi connectivity index (χ0v) is 11.5. The normalized spacial score (nSPS) is 12.8. The number of ether oxygens (including phenoxy) is 2. The molecule has 19 heavy (non-hydrogen) atoms.